The van der Waals surface area contributed by atoms with Crippen molar-refractivity contribution in [2.24, 2.45) is 5.16 Å². The summed E-state index contributed by atoms with van der Waals surface area (Å²) in [7, 11) is 0. The SMILES string of the molecule is CC(=O)Nc1ccc(C2=NOC(C(=O)NC3CCCCC3)C2)cc1. The standard InChI is InChI=1S/C18H23N3O3/c1-12(22)19-15-9-7-13(8-10-15)16-11-17(24-21-16)18(23)20-14-5-3-2-4-6-14/h7-10,14,17H,2-6,11H2,1H3,(H,19,22)(H,20,23). The van der Waals surface area contributed by atoms with E-state index < -0.39 is 6.10 Å². The summed E-state index contributed by atoms with van der Waals surface area (Å²) < 4.78 is 0. The van der Waals surface area contributed by atoms with Gasteiger partial charge in [-0.1, -0.05) is 36.6 Å². The highest BCUT2D eigenvalue weighted by Gasteiger charge is 2.30. The van der Waals surface area contributed by atoms with E-state index in [1.54, 1.807) is 0 Å². The molecule has 0 spiro atoms. The van der Waals surface area contributed by atoms with Crippen molar-refractivity contribution in [1.29, 1.82) is 0 Å². The monoisotopic (exact) mass is 329 g/mol. The minimum Gasteiger partial charge on any atom is -0.382 e. The number of anilines is 1. The molecule has 1 unspecified atom stereocenters. The summed E-state index contributed by atoms with van der Waals surface area (Å²) in [6.45, 7) is 1.47. The fourth-order valence-corrected chi connectivity index (χ4v) is 3.18. The number of amides is 2. The normalized spacial score (nSPS) is 20.9. The van der Waals surface area contributed by atoms with Crippen molar-refractivity contribution in [2.75, 3.05) is 5.32 Å². The number of benzene rings is 1. The van der Waals surface area contributed by atoms with Crippen LogP contribution in [0.5, 0.6) is 0 Å². The van der Waals surface area contributed by atoms with Crippen molar-refractivity contribution in [3.63, 3.8) is 0 Å². The van der Waals surface area contributed by atoms with E-state index in [9.17, 15) is 9.59 Å². The molecule has 2 aliphatic rings. The number of oxime groups is 1. The summed E-state index contributed by atoms with van der Waals surface area (Å²) in [5.74, 6) is -0.181. The maximum absolute atomic E-state index is 12.3. The lowest BCUT2D eigenvalue weighted by Crippen LogP contribution is -2.42. The van der Waals surface area contributed by atoms with Crippen LogP contribution in [0.3, 0.4) is 0 Å². The molecule has 2 amide bonds. The van der Waals surface area contributed by atoms with Crippen LogP contribution in [0.15, 0.2) is 29.4 Å². The Hall–Kier alpha value is -2.37. The van der Waals surface area contributed by atoms with Gasteiger partial charge in [0.05, 0.1) is 5.71 Å². The Morgan fingerprint density at radius 1 is 1.12 bits per heavy atom. The number of rotatable bonds is 4. The second-order valence-corrected chi connectivity index (χ2v) is 6.44. The fourth-order valence-electron chi connectivity index (χ4n) is 3.18. The van der Waals surface area contributed by atoms with Gasteiger partial charge in [-0.2, -0.15) is 0 Å². The molecule has 3 rings (SSSR count). The number of nitrogens with zero attached hydrogens (tertiary/aromatic N) is 1. The Kier molecular flexibility index (Phi) is 5.13. The summed E-state index contributed by atoms with van der Waals surface area (Å²) in [5, 5.41) is 9.86. The lowest BCUT2D eigenvalue weighted by Gasteiger charge is -2.23. The Labute approximate surface area is 141 Å². The van der Waals surface area contributed by atoms with Gasteiger partial charge in [0.25, 0.3) is 5.91 Å². The van der Waals surface area contributed by atoms with Crippen LogP contribution < -0.4 is 10.6 Å². The molecule has 1 atom stereocenters. The molecule has 6 nitrogen and oxygen atoms in total. The van der Waals surface area contributed by atoms with Gasteiger partial charge in [-0.05, 0) is 30.5 Å². The van der Waals surface area contributed by atoms with Gasteiger partial charge in [0.1, 0.15) is 0 Å². The highest BCUT2D eigenvalue weighted by atomic mass is 16.6. The first-order chi connectivity index (χ1) is 11.6. The molecule has 1 aromatic rings. The quantitative estimate of drug-likeness (QED) is 0.891. The smallest absolute Gasteiger partial charge is 0.264 e. The van der Waals surface area contributed by atoms with E-state index in [1.807, 2.05) is 24.3 Å². The summed E-state index contributed by atoms with van der Waals surface area (Å²) in [5.41, 5.74) is 2.39. The molecule has 128 valence electrons. The Morgan fingerprint density at radius 3 is 2.50 bits per heavy atom. The fraction of sp³-hybridized carbons (Fsp3) is 0.500. The van der Waals surface area contributed by atoms with E-state index in [0.717, 1.165) is 29.8 Å². The number of hydrogen-bond acceptors (Lipinski definition) is 4. The van der Waals surface area contributed by atoms with Gasteiger partial charge in [-0.25, -0.2) is 0 Å². The first-order valence-corrected chi connectivity index (χ1v) is 8.53. The van der Waals surface area contributed by atoms with Crippen molar-refractivity contribution in [3.8, 4) is 0 Å². The van der Waals surface area contributed by atoms with Gasteiger partial charge < -0.3 is 15.5 Å². The molecule has 0 bridgehead atoms. The largest absolute Gasteiger partial charge is 0.382 e. The van der Waals surface area contributed by atoms with Crippen molar-refractivity contribution in [3.05, 3.63) is 29.8 Å². The zero-order valence-electron chi connectivity index (χ0n) is 13.9. The molecule has 1 saturated carbocycles. The van der Waals surface area contributed by atoms with Gasteiger partial charge in [-0.3, -0.25) is 9.59 Å². The summed E-state index contributed by atoms with van der Waals surface area (Å²) in [6, 6.07) is 7.64. The molecule has 24 heavy (non-hydrogen) atoms. The number of carbonyl (C=O) groups excluding carboxylic acids is 2. The first-order valence-electron chi connectivity index (χ1n) is 8.53. The molecule has 1 heterocycles. The minimum atomic E-state index is -0.544. The van der Waals surface area contributed by atoms with Gasteiger partial charge >= 0.3 is 0 Å². The van der Waals surface area contributed by atoms with Crippen molar-refractivity contribution in [1.82, 2.24) is 5.32 Å². The molecule has 0 saturated heterocycles. The van der Waals surface area contributed by atoms with Crippen LogP contribution in [0, 0.1) is 0 Å². The van der Waals surface area contributed by atoms with Gasteiger partial charge in [0.2, 0.25) is 12.0 Å². The average Bonchev–Trinajstić information content (AvgIpc) is 3.06. The number of carbonyl (C=O) groups is 2. The third kappa shape index (κ3) is 4.13. The van der Waals surface area contributed by atoms with Crippen molar-refractivity contribution >= 4 is 23.2 Å². The average molecular weight is 329 g/mol. The molecule has 1 aromatic carbocycles. The molecular formula is C18H23N3O3. The summed E-state index contributed by atoms with van der Waals surface area (Å²) in [4.78, 5) is 28.7. The van der Waals surface area contributed by atoms with Gasteiger partial charge in [0, 0.05) is 25.1 Å². The molecule has 0 radical (unpaired) electrons. The second kappa shape index (κ2) is 7.47. The Balaban J connectivity index is 1.54. The topological polar surface area (TPSA) is 79.8 Å². The van der Waals surface area contributed by atoms with Crippen LogP contribution >= 0.6 is 0 Å². The van der Waals surface area contributed by atoms with Crippen LogP contribution in [-0.2, 0) is 14.4 Å². The van der Waals surface area contributed by atoms with E-state index in [0.29, 0.717) is 6.42 Å². The third-order valence-electron chi connectivity index (χ3n) is 4.45. The minimum absolute atomic E-state index is 0.0736. The van der Waals surface area contributed by atoms with E-state index >= 15 is 0 Å². The molecule has 1 aliphatic heterocycles. The molecule has 6 heteroatoms. The van der Waals surface area contributed by atoms with E-state index in [2.05, 4.69) is 15.8 Å². The van der Waals surface area contributed by atoms with Crippen LogP contribution in [0.1, 0.15) is 51.0 Å². The first kappa shape index (κ1) is 16.5. The van der Waals surface area contributed by atoms with Crippen LogP contribution in [-0.4, -0.2) is 29.7 Å². The summed E-state index contributed by atoms with van der Waals surface area (Å²) in [6.07, 6.45) is 5.65. The van der Waals surface area contributed by atoms with Crippen LogP contribution in [0.2, 0.25) is 0 Å². The zero-order chi connectivity index (χ0) is 16.9. The van der Waals surface area contributed by atoms with E-state index in [4.69, 9.17) is 4.84 Å². The number of hydrogen-bond donors (Lipinski definition) is 2. The van der Waals surface area contributed by atoms with Gasteiger partial charge in [0.15, 0.2) is 0 Å². The third-order valence-corrected chi connectivity index (χ3v) is 4.45. The van der Waals surface area contributed by atoms with Crippen LogP contribution in [0.25, 0.3) is 0 Å². The van der Waals surface area contributed by atoms with Crippen LogP contribution in [0.4, 0.5) is 5.69 Å². The number of nitrogens with one attached hydrogen (secondary N) is 2. The Morgan fingerprint density at radius 2 is 1.83 bits per heavy atom. The molecule has 0 aromatic heterocycles. The molecule has 1 aliphatic carbocycles. The second-order valence-electron chi connectivity index (χ2n) is 6.44. The Bertz CT molecular complexity index is 633. The maximum Gasteiger partial charge on any atom is 0.264 e. The predicted octanol–water partition coefficient (Wildman–Crippen LogP) is 2.59. The molecule has 1 fully saturated rings. The molecular weight excluding hydrogens is 306 g/mol. The van der Waals surface area contributed by atoms with Crippen molar-refractivity contribution in [2.45, 2.75) is 57.6 Å². The highest BCUT2D eigenvalue weighted by molar-refractivity contribution is 6.04. The zero-order valence-corrected chi connectivity index (χ0v) is 13.9. The van der Waals surface area contributed by atoms with E-state index in [-0.39, 0.29) is 17.9 Å². The highest BCUT2D eigenvalue weighted by Crippen LogP contribution is 2.21. The lowest BCUT2D eigenvalue weighted by atomic mass is 9.95. The maximum atomic E-state index is 12.3. The summed E-state index contributed by atoms with van der Waals surface area (Å²) >= 11 is 0. The van der Waals surface area contributed by atoms with E-state index in [1.165, 1.54) is 26.2 Å². The predicted molar refractivity (Wildman–Crippen MR) is 91.8 cm³/mol. The molecule has 2 N–H and O–H groups in total. The lowest BCUT2D eigenvalue weighted by molar-refractivity contribution is -0.132. The van der Waals surface area contributed by atoms with Crippen molar-refractivity contribution < 1.29 is 14.4 Å². The van der Waals surface area contributed by atoms with Gasteiger partial charge in [-0.15, -0.1) is 0 Å².